The first-order chi connectivity index (χ1) is 18.1. The maximum absolute atomic E-state index is 9.85. The topological polar surface area (TPSA) is 99.4 Å². The van der Waals surface area contributed by atoms with Crippen molar-refractivity contribution >= 4 is 16.6 Å². The van der Waals surface area contributed by atoms with Crippen LogP contribution in [0.4, 0.5) is 0 Å². The summed E-state index contributed by atoms with van der Waals surface area (Å²) in [6.45, 7) is 25.6. The molecule has 0 atom stereocenters. The Morgan fingerprint density at radius 3 is 1.00 bits per heavy atom. The Morgan fingerprint density at radius 2 is 0.810 bits per heavy atom. The fraction of sp³-hybridized carbons (Fsp3) is 0.800. The molecule has 0 aliphatic carbocycles. The van der Waals surface area contributed by atoms with Gasteiger partial charge in [0.25, 0.3) is 0 Å². The Morgan fingerprint density at radius 1 is 0.571 bits per heavy atom. The summed E-state index contributed by atoms with van der Waals surface area (Å²) < 4.78 is 14.9. The van der Waals surface area contributed by atoms with Crippen molar-refractivity contribution in [2.24, 2.45) is 0 Å². The van der Waals surface area contributed by atoms with Crippen LogP contribution in [0.1, 0.15) is 52.7 Å². The normalized spacial score (nSPS) is 13.3. The third-order valence-electron chi connectivity index (χ3n) is 9.25. The van der Waals surface area contributed by atoms with E-state index in [1.54, 1.807) is 0 Å². The summed E-state index contributed by atoms with van der Waals surface area (Å²) >= 11 is 0. The summed E-state index contributed by atoms with van der Waals surface area (Å²) in [6, 6.07) is 4.26. The molecule has 0 aliphatic heterocycles. The molecule has 1 aromatic carbocycles. The molecular weight excluding hydrogens is 700 g/mol. The van der Waals surface area contributed by atoms with Gasteiger partial charge >= 0.3 is 0 Å². The van der Waals surface area contributed by atoms with E-state index in [1.807, 2.05) is 0 Å². The molecule has 0 fully saturated rings. The van der Waals surface area contributed by atoms with Gasteiger partial charge in [-0.1, -0.05) is 41.5 Å². The van der Waals surface area contributed by atoms with Crippen LogP contribution in [0.5, 0.6) is 11.5 Å². The van der Waals surface area contributed by atoms with Crippen molar-refractivity contribution in [1.29, 1.82) is 0 Å². The highest BCUT2D eigenvalue weighted by Crippen LogP contribution is 2.43. The summed E-state index contributed by atoms with van der Waals surface area (Å²) in [5, 5.41) is 39.4. The number of nitrogens with zero attached hydrogens (tertiary/aromatic N) is 2. The van der Waals surface area contributed by atoms with E-state index in [1.165, 1.54) is 0 Å². The van der Waals surface area contributed by atoms with Crippen molar-refractivity contribution in [2.75, 3.05) is 66.7 Å². The molecule has 0 aromatic heterocycles. The van der Waals surface area contributed by atoms with Crippen molar-refractivity contribution in [3.8, 4) is 11.5 Å². The van der Waals surface area contributed by atoms with Gasteiger partial charge in [-0.3, -0.25) is 0 Å². The number of likely N-dealkylation sites (N-methyl/N-ethyl adjacent to an activating group) is 2. The SMILES string of the molecule is CC(C)(C)[Si](C)(C)Oc1cc(C[N+](C)(CCO)CCO)c(O[Si](C)(C)C(C)(C)C)cc1C[N+](C)(CCO)CCO.[Br-].[Br-]. The smallest absolute Gasteiger partial charge is 0.250 e. The maximum Gasteiger partial charge on any atom is 0.250 e. The number of benzene rings is 1. The van der Waals surface area contributed by atoms with Crippen LogP contribution in [-0.4, -0.2) is 113 Å². The van der Waals surface area contributed by atoms with Crippen molar-refractivity contribution in [2.45, 2.75) is 90.9 Å². The molecule has 250 valence electrons. The van der Waals surface area contributed by atoms with Crippen molar-refractivity contribution < 1.29 is 72.2 Å². The summed E-state index contributed by atoms with van der Waals surface area (Å²) in [6.07, 6.45) is 0. The molecule has 1 rings (SSSR count). The van der Waals surface area contributed by atoms with E-state index in [0.717, 1.165) is 22.6 Å². The van der Waals surface area contributed by atoms with E-state index in [9.17, 15) is 20.4 Å². The first-order valence-corrected chi connectivity index (χ1v) is 20.6. The van der Waals surface area contributed by atoms with Gasteiger partial charge in [-0.2, -0.15) is 0 Å². The number of hydrogen-bond donors (Lipinski definition) is 4. The standard InChI is InChI=1S/C30H62N2O6Si2.2BrH/c1-29(2,3)39(9,10)37-27-21-26(24-32(8,15-19-35)16-20-36)28(38-40(11,12)30(4,5)6)22-25(27)23-31(7,13-17-33)14-18-34;;/h21-22,33-36H,13-20,23-24H2,1-12H3;2*1H/q+2;;/p-2. The Kier molecular flexibility index (Phi) is 17.9. The van der Waals surface area contributed by atoms with Gasteiger partial charge in [-0.05, 0) is 48.4 Å². The maximum atomic E-state index is 9.85. The van der Waals surface area contributed by atoms with Gasteiger partial charge in [-0.15, -0.1) is 0 Å². The third kappa shape index (κ3) is 12.4. The van der Waals surface area contributed by atoms with Crippen LogP contribution in [0.25, 0.3) is 0 Å². The molecule has 12 heteroatoms. The van der Waals surface area contributed by atoms with Crippen molar-refractivity contribution in [3.63, 3.8) is 0 Å². The third-order valence-corrected chi connectivity index (χ3v) is 17.9. The van der Waals surface area contributed by atoms with Gasteiger partial charge in [0.2, 0.25) is 16.6 Å². The lowest BCUT2D eigenvalue weighted by Crippen LogP contribution is -3.00. The Hall–Kier alpha value is -0.0262. The van der Waals surface area contributed by atoms with E-state index >= 15 is 0 Å². The second kappa shape index (κ2) is 17.0. The number of hydrogen-bond acceptors (Lipinski definition) is 6. The number of halogens is 2. The minimum Gasteiger partial charge on any atom is -1.00 e. The summed E-state index contributed by atoms with van der Waals surface area (Å²) in [7, 11) is -0.323. The molecule has 0 spiro atoms. The van der Waals surface area contributed by atoms with E-state index in [2.05, 4.69) is 94.0 Å². The van der Waals surface area contributed by atoms with Gasteiger partial charge in [0.05, 0.1) is 51.6 Å². The highest BCUT2D eigenvalue weighted by Gasteiger charge is 2.42. The molecule has 0 bridgehead atoms. The quantitative estimate of drug-likeness (QED) is 0.119. The molecule has 0 saturated carbocycles. The summed E-state index contributed by atoms with van der Waals surface area (Å²) in [5.41, 5.74) is 2.01. The molecule has 0 unspecified atom stereocenters. The fourth-order valence-corrected chi connectivity index (χ4v) is 6.36. The van der Waals surface area contributed by atoms with E-state index in [0.29, 0.717) is 48.2 Å². The van der Waals surface area contributed by atoms with Crippen LogP contribution in [0.15, 0.2) is 12.1 Å². The van der Waals surface area contributed by atoms with Crippen LogP contribution in [0.3, 0.4) is 0 Å². The zero-order chi connectivity index (χ0) is 31.2. The Bertz CT molecular complexity index is 865. The second-order valence-electron chi connectivity index (χ2n) is 15.1. The molecule has 8 nitrogen and oxygen atoms in total. The zero-order valence-electron chi connectivity index (χ0n) is 28.5. The number of aliphatic hydroxyl groups excluding tert-OH is 4. The summed E-state index contributed by atoms with van der Waals surface area (Å²) in [4.78, 5) is 0. The monoisotopic (exact) mass is 760 g/mol. The molecule has 0 heterocycles. The largest absolute Gasteiger partial charge is 1.00 e. The highest BCUT2D eigenvalue weighted by molar-refractivity contribution is 6.75. The molecule has 4 N–H and O–H groups in total. The van der Waals surface area contributed by atoms with Gasteiger partial charge in [0.1, 0.15) is 50.8 Å². The minimum absolute atomic E-state index is 0. The van der Waals surface area contributed by atoms with Crippen molar-refractivity contribution in [1.82, 2.24) is 0 Å². The first-order valence-electron chi connectivity index (χ1n) is 14.7. The molecule has 42 heavy (non-hydrogen) atoms. The van der Waals surface area contributed by atoms with Crippen LogP contribution in [0, 0.1) is 0 Å². The molecule has 0 aliphatic rings. The number of aliphatic hydroxyl groups is 4. The zero-order valence-corrected chi connectivity index (χ0v) is 33.7. The first kappa shape index (κ1) is 44.1. The van der Waals surface area contributed by atoms with Crippen LogP contribution < -0.4 is 42.8 Å². The van der Waals surface area contributed by atoms with Crippen LogP contribution in [0.2, 0.25) is 36.3 Å². The van der Waals surface area contributed by atoms with Crippen LogP contribution in [-0.2, 0) is 13.1 Å². The fourth-order valence-electron chi connectivity index (χ4n) is 4.27. The molecule has 0 saturated heterocycles. The average molecular weight is 763 g/mol. The lowest BCUT2D eigenvalue weighted by molar-refractivity contribution is -0.923. The van der Waals surface area contributed by atoms with Crippen LogP contribution >= 0.6 is 0 Å². The lowest BCUT2D eigenvalue weighted by Gasteiger charge is -2.41. The van der Waals surface area contributed by atoms with Gasteiger partial charge in [0, 0.05) is 0 Å². The number of rotatable bonds is 16. The average Bonchev–Trinajstić information content (AvgIpc) is 2.75. The van der Waals surface area contributed by atoms with Gasteiger partial charge in [0.15, 0.2) is 0 Å². The molecule has 0 radical (unpaired) electrons. The Labute approximate surface area is 280 Å². The lowest BCUT2D eigenvalue weighted by atomic mass is 10.1. The molecular formula is C30H62Br2N2O6Si2. The Balaban J connectivity index is 0. The minimum atomic E-state index is -2.22. The summed E-state index contributed by atoms with van der Waals surface area (Å²) in [5.74, 6) is 1.65. The van der Waals surface area contributed by atoms with Gasteiger partial charge in [-0.25, -0.2) is 0 Å². The predicted molar refractivity (Wildman–Crippen MR) is 170 cm³/mol. The van der Waals surface area contributed by atoms with E-state index in [-0.39, 0.29) is 70.5 Å². The second-order valence-corrected chi connectivity index (χ2v) is 24.6. The number of quaternary nitrogens is 2. The molecule has 0 amide bonds. The predicted octanol–water partition coefficient (Wildman–Crippen LogP) is -1.67. The van der Waals surface area contributed by atoms with Gasteiger partial charge < -0.3 is 72.2 Å². The van der Waals surface area contributed by atoms with E-state index < -0.39 is 16.6 Å². The van der Waals surface area contributed by atoms with Crippen molar-refractivity contribution in [3.05, 3.63) is 23.3 Å². The molecule has 1 aromatic rings. The van der Waals surface area contributed by atoms with E-state index in [4.69, 9.17) is 8.85 Å². The highest BCUT2D eigenvalue weighted by atomic mass is 79.9.